The number of rotatable bonds is 6. The van der Waals surface area contributed by atoms with Crippen molar-refractivity contribution in [2.24, 2.45) is 5.92 Å². The summed E-state index contributed by atoms with van der Waals surface area (Å²) < 4.78 is 5.07. The first-order valence-electron chi connectivity index (χ1n) is 6.19. The Hall–Kier alpha value is -1.10. The lowest BCUT2D eigenvalue weighted by molar-refractivity contribution is -0.136. The highest BCUT2D eigenvalue weighted by Gasteiger charge is 2.28. The Labute approximate surface area is 119 Å². The zero-order valence-corrected chi connectivity index (χ0v) is 12.8. The summed E-state index contributed by atoms with van der Waals surface area (Å²) in [5.41, 5.74) is -0.661. The predicted octanol–water partition coefficient (Wildman–Crippen LogP) is 2.30. The van der Waals surface area contributed by atoms with Gasteiger partial charge in [0.05, 0.1) is 11.9 Å². The fourth-order valence-corrected chi connectivity index (χ4v) is 1.54. The number of hydrogen-bond acceptors (Lipinski definition) is 4. The number of halogens is 1. The van der Waals surface area contributed by atoms with E-state index in [1.54, 1.807) is 20.8 Å². The molecule has 0 bridgehead atoms. The van der Waals surface area contributed by atoms with Crippen LogP contribution < -0.4 is 5.32 Å². The second-order valence-corrected chi connectivity index (χ2v) is 6.02. The van der Waals surface area contributed by atoms with Gasteiger partial charge in [0.2, 0.25) is 11.6 Å². The number of Topliss-reactive ketones (excluding diaryl/α,β-unsaturated/α-hetero) is 2. The maximum atomic E-state index is 11.8. The molecule has 5 nitrogen and oxygen atoms in total. The van der Waals surface area contributed by atoms with Crippen LogP contribution >= 0.6 is 11.6 Å². The summed E-state index contributed by atoms with van der Waals surface area (Å²) in [7, 11) is 0. The summed E-state index contributed by atoms with van der Waals surface area (Å²) in [4.78, 5) is 34.8. The van der Waals surface area contributed by atoms with Gasteiger partial charge in [-0.3, -0.25) is 9.59 Å². The third-order valence-electron chi connectivity index (χ3n) is 2.11. The summed E-state index contributed by atoms with van der Waals surface area (Å²) in [6, 6.07) is -0.888. The van der Waals surface area contributed by atoms with Crippen LogP contribution in [0, 0.1) is 5.92 Å². The van der Waals surface area contributed by atoms with Crippen LogP contribution in [0.25, 0.3) is 0 Å². The molecular weight excluding hydrogens is 270 g/mol. The standard InChI is InChI=1S/C13H22ClNO4/c1-8(2)6-9(11(17)10(16)7-14)15-12(18)19-13(3,4)5/h8-9H,6-7H2,1-5H3,(H,15,18)/t9-/m0/s1. The van der Waals surface area contributed by atoms with Crippen molar-refractivity contribution in [3.05, 3.63) is 0 Å². The summed E-state index contributed by atoms with van der Waals surface area (Å²) in [5.74, 6) is -1.63. The molecule has 0 aliphatic carbocycles. The Morgan fingerprint density at radius 3 is 2.11 bits per heavy atom. The van der Waals surface area contributed by atoms with Crippen LogP contribution in [0.3, 0.4) is 0 Å². The van der Waals surface area contributed by atoms with Gasteiger partial charge >= 0.3 is 6.09 Å². The van der Waals surface area contributed by atoms with Gasteiger partial charge in [0.1, 0.15) is 5.60 Å². The van der Waals surface area contributed by atoms with Gasteiger partial charge in [-0.25, -0.2) is 4.79 Å². The number of alkyl halides is 1. The lowest BCUT2D eigenvalue weighted by Crippen LogP contribution is -2.46. The van der Waals surface area contributed by atoms with Gasteiger partial charge in [-0.1, -0.05) is 13.8 Å². The highest BCUT2D eigenvalue weighted by molar-refractivity contribution is 6.48. The second kappa shape index (κ2) is 7.48. The van der Waals surface area contributed by atoms with E-state index in [-0.39, 0.29) is 11.8 Å². The van der Waals surface area contributed by atoms with Crippen LogP contribution in [-0.4, -0.2) is 35.2 Å². The van der Waals surface area contributed by atoms with E-state index in [1.807, 2.05) is 13.8 Å². The molecular formula is C13H22ClNO4. The van der Waals surface area contributed by atoms with Crippen LogP contribution in [0.1, 0.15) is 41.0 Å². The molecule has 0 aliphatic heterocycles. The Balaban J connectivity index is 4.73. The highest BCUT2D eigenvalue weighted by atomic mass is 35.5. The van der Waals surface area contributed by atoms with E-state index in [2.05, 4.69) is 5.32 Å². The molecule has 0 aromatic rings. The number of carbonyl (C=O) groups excluding carboxylic acids is 3. The summed E-state index contributed by atoms with van der Waals surface area (Å²) in [5, 5.41) is 2.43. The summed E-state index contributed by atoms with van der Waals surface area (Å²) >= 11 is 5.36. The average Bonchev–Trinajstić information content (AvgIpc) is 2.22. The second-order valence-electron chi connectivity index (χ2n) is 5.75. The largest absolute Gasteiger partial charge is 0.444 e. The lowest BCUT2D eigenvalue weighted by atomic mass is 9.98. The van der Waals surface area contributed by atoms with Crippen molar-refractivity contribution in [2.45, 2.75) is 52.7 Å². The van der Waals surface area contributed by atoms with Gasteiger partial charge in [-0.2, -0.15) is 0 Å². The number of alkyl carbamates (subject to hydrolysis) is 1. The Bertz CT molecular complexity index is 347. The van der Waals surface area contributed by atoms with Gasteiger partial charge in [0.15, 0.2) is 0 Å². The average molecular weight is 292 g/mol. The van der Waals surface area contributed by atoms with Crippen LogP contribution in [-0.2, 0) is 14.3 Å². The molecule has 1 amide bonds. The first kappa shape index (κ1) is 17.9. The van der Waals surface area contributed by atoms with Crippen molar-refractivity contribution in [3.8, 4) is 0 Å². The van der Waals surface area contributed by atoms with Crippen LogP contribution in [0.15, 0.2) is 0 Å². The molecule has 19 heavy (non-hydrogen) atoms. The molecule has 0 fully saturated rings. The van der Waals surface area contributed by atoms with Gasteiger partial charge in [-0.05, 0) is 33.1 Å². The monoisotopic (exact) mass is 291 g/mol. The summed E-state index contributed by atoms with van der Waals surface area (Å²) in [6.07, 6.45) is -0.352. The van der Waals surface area contributed by atoms with E-state index in [0.717, 1.165) is 0 Å². The first-order chi connectivity index (χ1) is 8.56. The van der Waals surface area contributed by atoms with Gasteiger partial charge < -0.3 is 10.1 Å². The topological polar surface area (TPSA) is 72.5 Å². The maximum Gasteiger partial charge on any atom is 0.408 e. The van der Waals surface area contributed by atoms with Gasteiger partial charge in [0.25, 0.3) is 0 Å². The normalized spacial score (nSPS) is 13.0. The van der Waals surface area contributed by atoms with Crippen molar-refractivity contribution in [1.82, 2.24) is 5.32 Å². The molecule has 0 aromatic carbocycles. The van der Waals surface area contributed by atoms with E-state index in [4.69, 9.17) is 16.3 Å². The zero-order valence-electron chi connectivity index (χ0n) is 12.1. The van der Waals surface area contributed by atoms with Crippen molar-refractivity contribution < 1.29 is 19.1 Å². The molecule has 0 radical (unpaired) electrons. The highest BCUT2D eigenvalue weighted by Crippen LogP contribution is 2.10. The minimum atomic E-state index is -0.888. The number of nitrogens with one attached hydrogen (secondary N) is 1. The van der Waals surface area contributed by atoms with Crippen molar-refractivity contribution in [2.75, 3.05) is 5.88 Å². The molecule has 0 unspecified atom stereocenters. The molecule has 0 saturated carbocycles. The van der Waals surface area contributed by atoms with Crippen molar-refractivity contribution in [3.63, 3.8) is 0 Å². The molecule has 0 spiro atoms. The van der Waals surface area contributed by atoms with Crippen LogP contribution in [0.2, 0.25) is 0 Å². The van der Waals surface area contributed by atoms with Crippen molar-refractivity contribution in [1.29, 1.82) is 0 Å². The smallest absolute Gasteiger partial charge is 0.408 e. The van der Waals surface area contributed by atoms with Gasteiger partial charge in [-0.15, -0.1) is 11.6 Å². The SMILES string of the molecule is CC(C)C[C@H](NC(=O)OC(C)(C)C)C(=O)C(=O)CCl. The van der Waals surface area contributed by atoms with E-state index in [9.17, 15) is 14.4 Å². The molecule has 6 heteroatoms. The van der Waals surface area contributed by atoms with E-state index in [1.165, 1.54) is 0 Å². The Kier molecular flexibility index (Phi) is 7.05. The quantitative estimate of drug-likeness (QED) is 0.602. The predicted molar refractivity (Wildman–Crippen MR) is 73.3 cm³/mol. The molecule has 1 atom stereocenters. The maximum absolute atomic E-state index is 11.8. The molecule has 0 aromatic heterocycles. The number of hydrogen-bond donors (Lipinski definition) is 1. The van der Waals surface area contributed by atoms with Gasteiger partial charge in [0, 0.05) is 0 Å². The Morgan fingerprint density at radius 1 is 1.21 bits per heavy atom. The molecule has 1 N–H and O–H groups in total. The minimum Gasteiger partial charge on any atom is -0.444 e. The lowest BCUT2D eigenvalue weighted by Gasteiger charge is -2.23. The summed E-state index contributed by atoms with van der Waals surface area (Å²) in [6.45, 7) is 8.94. The first-order valence-corrected chi connectivity index (χ1v) is 6.72. The fraction of sp³-hybridized carbons (Fsp3) is 0.769. The van der Waals surface area contributed by atoms with E-state index >= 15 is 0 Å². The van der Waals surface area contributed by atoms with Crippen molar-refractivity contribution >= 4 is 29.3 Å². The molecule has 110 valence electrons. The molecule has 0 saturated heterocycles. The fourth-order valence-electron chi connectivity index (χ4n) is 1.41. The molecule has 0 aliphatic rings. The number of amides is 1. The minimum absolute atomic E-state index is 0.145. The zero-order chi connectivity index (χ0) is 15.2. The van der Waals surface area contributed by atoms with Crippen LogP contribution in [0.4, 0.5) is 4.79 Å². The number of ether oxygens (including phenoxy) is 1. The number of carbonyl (C=O) groups is 3. The third-order valence-corrected chi connectivity index (χ3v) is 2.35. The number of ketones is 2. The molecule has 0 rings (SSSR count). The van der Waals surface area contributed by atoms with E-state index in [0.29, 0.717) is 6.42 Å². The van der Waals surface area contributed by atoms with E-state index < -0.39 is 29.3 Å². The molecule has 0 heterocycles. The third kappa shape index (κ3) is 7.82. The Morgan fingerprint density at radius 2 is 1.74 bits per heavy atom. The van der Waals surface area contributed by atoms with Crippen LogP contribution in [0.5, 0.6) is 0 Å².